The molecule has 31 heavy (non-hydrogen) atoms. The molecule has 1 aliphatic heterocycles. The molecule has 7 nitrogen and oxygen atoms in total. The highest BCUT2D eigenvalue weighted by atomic mass is 16.5. The normalized spacial score (nSPS) is 16.7. The number of amides is 2. The molecule has 0 spiro atoms. The summed E-state index contributed by atoms with van der Waals surface area (Å²) in [5.41, 5.74) is 3.57. The van der Waals surface area contributed by atoms with Gasteiger partial charge in [0.2, 0.25) is 5.91 Å². The molecule has 0 unspecified atom stereocenters. The molecule has 0 aromatic heterocycles. The number of esters is 1. The van der Waals surface area contributed by atoms with Crippen molar-refractivity contribution in [2.24, 2.45) is 5.92 Å². The third-order valence-corrected chi connectivity index (χ3v) is 5.55. The summed E-state index contributed by atoms with van der Waals surface area (Å²) in [5, 5.41) is 2.63. The summed E-state index contributed by atoms with van der Waals surface area (Å²) in [4.78, 5) is 51.0. The molecule has 1 N–H and O–H groups in total. The molecular weight excluding hydrogens is 396 g/mol. The number of nitrogens with zero attached hydrogens (tertiary/aromatic N) is 1. The van der Waals surface area contributed by atoms with Crippen LogP contribution in [-0.2, 0) is 19.1 Å². The topological polar surface area (TPSA) is 92.8 Å². The first-order valence-electron chi connectivity index (χ1n) is 10.2. The lowest BCUT2D eigenvalue weighted by molar-refractivity contribution is -0.157. The van der Waals surface area contributed by atoms with Crippen LogP contribution < -0.4 is 10.2 Å². The van der Waals surface area contributed by atoms with E-state index in [-0.39, 0.29) is 24.7 Å². The standard InChI is InChI=1S/C24H26N2O5/c1-14-8-7-11-21(15(14)2)26-13-18(12-22(26)28)24(30)31-17(4)23(29)25-20-10-6-5-9-19(20)16(3)27/h5-11,17-18H,12-13H2,1-4H3,(H,25,29)/t17-,18+/m1/s1. The number of aryl methyl sites for hydroxylation is 1. The Kier molecular flexibility index (Phi) is 6.53. The lowest BCUT2D eigenvalue weighted by atomic mass is 10.1. The second kappa shape index (κ2) is 9.12. The van der Waals surface area contributed by atoms with Crippen molar-refractivity contribution in [3.8, 4) is 0 Å². The molecule has 0 radical (unpaired) electrons. The fourth-order valence-corrected chi connectivity index (χ4v) is 3.58. The molecule has 3 rings (SSSR count). The monoisotopic (exact) mass is 422 g/mol. The van der Waals surface area contributed by atoms with Gasteiger partial charge in [-0.05, 0) is 57.0 Å². The lowest BCUT2D eigenvalue weighted by Gasteiger charge is -2.20. The minimum absolute atomic E-state index is 0.0354. The van der Waals surface area contributed by atoms with Crippen molar-refractivity contribution in [1.82, 2.24) is 0 Å². The number of ketones is 1. The van der Waals surface area contributed by atoms with Crippen LogP contribution in [-0.4, -0.2) is 36.2 Å². The van der Waals surface area contributed by atoms with E-state index < -0.39 is 23.9 Å². The van der Waals surface area contributed by atoms with Gasteiger partial charge < -0.3 is 15.0 Å². The van der Waals surface area contributed by atoms with Crippen LogP contribution >= 0.6 is 0 Å². The summed E-state index contributed by atoms with van der Waals surface area (Å²) in [7, 11) is 0. The Morgan fingerprint density at radius 2 is 1.81 bits per heavy atom. The van der Waals surface area contributed by atoms with Crippen molar-refractivity contribution < 1.29 is 23.9 Å². The van der Waals surface area contributed by atoms with E-state index >= 15 is 0 Å². The van der Waals surface area contributed by atoms with Crippen LogP contribution in [0.15, 0.2) is 42.5 Å². The van der Waals surface area contributed by atoms with Crippen molar-refractivity contribution in [1.29, 1.82) is 0 Å². The molecule has 162 valence electrons. The highest BCUT2D eigenvalue weighted by Gasteiger charge is 2.38. The van der Waals surface area contributed by atoms with Crippen LogP contribution in [0.3, 0.4) is 0 Å². The first kappa shape index (κ1) is 22.2. The van der Waals surface area contributed by atoms with Crippen molar-refractivity contribution in [3.63, 3.8) is 0 Å². The van der Waals surface area contributed by atoms with E-state index in [1.54, 1.807) is 29.2 Å². The van der Waals surface area contributed by atoms with Crippen molar-refractivity contribution >= 4 is 34.9 Å². The second-order valence-electron chi connectivity index (χ2n) is 7.79. The van der Waals surface area contributed by atoms with Gasteiger partial charge in [-0.2, -0.15) is 0 Å². The fourth-order valence-electron chi connectivity index (χ4n) is 3.58. The van der Waals surface area contributed by atoms with Gasteiger partial charge >= 0.3 is 5.97 Å². The first-order chi connectivity index (χ1) is 14.7. The molecule has 0 bridgehead atoms. The molecule has 7 heteroatoms. The lowest BCUT2D eigenvalue weighted by Crippen LogP contribution is -2.33. The van der Waals surface area contributed by atoms with Gasteiger partial charge in [0.25, 0.3) is 5.91 Å². The van der Waals surface area contributed by atoms with Crippen molar-refractivity contribution in [3.05, 3.63) is 59.2 Å². The summed E-state index contributed by atoms with van der Waals surface area (Å²) in [5.74, 6) is -2.12. The number of rotatable bonds is 6. The molecule has 0 saturated carbocycles. The summed E-state index contributed by atoms with van der Waals surface area (Å²) in [6.45, 7) is 6.99. The number of nitrogens with one attached hydrogen (secondary N) is 1. The Labute approximate surface area is 181 Å². The quantitative estimate of drug-likeness (QED) is 0.569. The van der Waals surface area contributed by atoms with E-state index in [0.717, 1.165) is 16.8 Å². The molecule has 1 fully saturated rings. The molecule has 2 amide bonds. The predicted octanol–water partition coefficient (Wildman–Crippen LogP) is 3.43. The second-order valence-corrected chi connectivity index (χ2v) is 7.79. The van der Waals surface area contributed by atoms with Crippen LogP contribution in [0.1, 0.15) is 41.8 Å². The largest absolute Gasteiger partial charge is 0.452 e. The third kappa shape index (κ3) is 4.82. The molecule has 2 aromatic rings. The summed E-state index contributed by atoms with van der Waals surface area (Å²) >= 11 is 0. The van der Waals surface area contributed by atoms with E-state index in [1.807, 2.05) is 32.0 Å². The molecule has 2 atom stereocenters. The fraction of sp³-hybridized carbons (Fsp3) is 0.333. The summed E-state index contributed by atoms with van der Waals surface area (Å²) in [6, 6.07) is 12.3. The maximum absolute atomic E-state index is 12.6. The number of benzene rings is 2. The molecule has 1 heterocycles. The number of para-hydroxylation sites is 1. The maximum atomic E-state index is 12.6. The highest BCUT2D eigenvalue weighted by molar-refractivity contribution is 6.05. The van der Waals surface area contributed by atoms with E-state index in [9.17, 15) is 19.2 Å². The number of anilines is 2. The molecule has 2 aromatic carbocycles. The number of carbonyl (C=O) groups is 4. The van der Waals surface area contributed by atoms with Gasteiger partial charge in [-0.15, -0.1) is 0 Å². The Morgan fingerprint density at radius 3 is 2.52 bits per heavy atom. The first-order valence-corrected chi connectivity index (χ1v) is 10.2. The number of hydrogen-bond acceptors (Lipinski definition) is 5. The van der Waals surface area contributed by atoms with Gasteiger partial charge in [-0.1, -0.05) is 24.3 Å². The van der Waals surface area contributed by atoms with Gasteiger partial charge in [0, 0.05) is 24.2 Å². The Balaban J connectivity index is 1.64. The van der Waals surface area contributed by atoms with Crippen LogP contribution in [0.5, 0.6) is 0 Å². The molecular formula is C24H26N2O5. The van der Waals surface area contributed by atoms with E-state index in [4.69, 9.17) is 4.74 Å². The van der Waals surface area contributed by atoms with E-state index in [1.165, 1.54) is 13.8 Å². The van der Waals surface area contributed by atoms with Gasteiger partial charge in [0.05, 0.1) is 11.6 Å². The minimum atomic E-state index is -1.07. The zero-order valence-electron chi connectivity index (χ0n) is 18.1. The van der Waals surface area contributed by atoms with Gasteiger partial charge in [0.1, 0.15) is 0 Å². The van der Waals surface area contributed by atoms with Crippen LogP contribution in [0, 0.1) is 19.8 Å². The summed E-state index contributed by atoms with van der Waals surface area (Å²) < 4.78 is 5.34. The van der Waals surface area contributed by atoms with Crippen LogP contribution in [0.2, 0.25) is 0 Å². The Hall–Kier alpha value is -3.48. The zero-order chi connectivity index (χ0) is 22.7. The highest BCUT2D eigenvalue weighted by Crippen LogP contribution is 2.30. The predicted molar refractivity (Wildman–Crippen MR) is 117 cm³/mol. The molecule has 1 saturated heterocycles. The molecule has 0 aliphatic carbocycles. The van der Waals surface area contributed by atoms with Gasteiger partial charge in [0.15, 0.2) is 11.9 Å². The third-order valence-electron chi connectivity index (χ3n) is 5.55. The zero-order valence-corrected chi connectivity index (χ0v) is 18.1. The Morgan fingerprint density at radius 1 is 1.10 bits per heavy atom. The van der Waals surface area contributed by atoms with E-state index in [2.05, 4.69) is 5.32 Å². The van der Waals surface area contributed by atoms with Crippen LogP contribution in [0.25, 0.3) is 0 Å². The smallest absolute Gasteiger partial charge is 0.312 e. The van der Waals surface area contributed by atoms with Crippen molar-refractivity contribution in [2.75, 3.05) is 16.8 Å². The number of hydrogen-bond donors (Lipinski definition) is 1. The van der Waals surface area contributed by atoms with Crippen molar-refractivity contribution in [2.45, 2.75) is 40.2 Å². The molecule has 1 aliphatic rings. The summed E-state index contributed by atoms with van der Waals surface area (Å²) in [6.07, 6.45) is -1.04. The number of ether oxygens (including phenoxy) is 1. The Bertz CT molecular complexity index is 1050. The van der Waals surface area contributed by atoms with E-state index in [0.29, 0.717) is 11.3 Å². The average Bonchev–Trinajstić information content (AvgIpc) is 3.11. The SMILES string of the molecule is CC(=O)c1ccccc1NC(=O)[C@@H](C)OC(=O)[C@H]1CC(=O)N(c2cccc(C)c2C)C1. The average molecular weight is 422 g/mol. The van der Waals surface area contributed by atoms with Gasteiger partial charge in [-0.25, -0.2) is 0 Å². The minimum Gasteiger partial charge on any atom is -0.452 e. The maximum Gasteiger partial charge on any atom is 0.312 e. The number of carbonyl (C=O) groups excluding carboxylic acids is 4. The number of Topliss-reactive ketones (excluding diaryl/α,β-unsaturated/α-hetero) is 1. The van der Waals surface area contributed by atoms with Crippen LogP contribution in [0.4, 0.5) is 11.4 Å². The van der Waals surface area contributed by atoms with Gasteiger partial charge in [-0.3, -0.25) is 19.2 Å².